The summed E-state index contributed by atoms with van der Waals surface area (Å²) in [7, 11) is 0. The highest BCUT2D eigenvalue weighted by molar-refractivity contribution is 7.27. The second-order valence-corrected chi connectivity index (χ2v) is 15.8. The highest BCUT2D eigenvalue weighted by Gasteiger charge is 2.41. The lowest BCUT2D eigenvalue weighted by Crippen LogP contribution is -2.16. The fourth-order valence-electron chi connectivity index (χ4n) is 9.80. The molecule has 0 spiro atoms. The molecule has 0 bridgehead atoms. The summed E-state index contributed by atoms with van der Waals surface area (Å²) >= 11 is 1.95. The molecule has 0 saturated carbocycles. The predicted molar refractivity (Wildman–Crippen MR) is 219 cm³/mol. The Kier molecular flexibility index (Phi) is 5.25. The second kappa shape index (κ2) is 9.63. The molecule has 0 saturated heterocycles. The fourth-order valence-corrected chi connectivity index (χ4v) is 11.1. The third kappa shape index (κ3) is 3.41. The van der Waals surface area contributed by atoms with Crippen LogP contribution in [0.3, 0.4) is 0 Å². The van der Waals surface area contributed by atoms with Crippen molar-refractivity contribution >= 4 is 64.1 Å². The van der Waals surface area contributed by atoms with E-state index in [-0.39, 0.29) is 5.41 Å². The molecule has 238 valence electrons. The first-order valence-electron chi connectivity index (χ1n) is 17.9. The molecular formula is C49H31NS. The van der Waals surface area contributed by atoms with Crippen LogP contribution in [0.2, 0.25) is 0 Å². The summed E-state index contributed by atoms with van der Waals surface area (Å²) in [6.07, 6.45) is 0. The van der Waals surface area contributed by atoms with E-state index in [0.29, 0.717) is 0 Å². The van der Waals surface area contributed by atoms with E-state index in [9.17, 15) is 0 Å². The van der Waals surface area contributed by atoms with Crippen molar-refractivity contribution in [3.8, 4) is 50.2 Å². The lowest BCUT2D eigenvalue weighted by molar-refractivity contribution is 0.664. The van der Waals surface area contributed by atoms with Gasteiger partial charge in [-0.05, 0) is 90.7 Å². The van der Waals surface area contributed by atoms with Crippen molar-refractivity contribution in [1.29, 1.82) is 0 Å². The van der Waals surface area contributed by atoms with Crippen LogP contribution >= 0.6 is 11.3 Å². The number of thiophene rings is 1. The average Bonchev–Trinajstić information content (AvgIpc) is 3.89. The highest BCUT2D eigenvalue weighted by Crippen LogP contribution is 2.59. The molecule has 8 aromatic carbocycles. The van der Waals surface area contributed by atoms with Crippen molar-refractivity contribution in [1.82, 2.24) is 4.57 Å². The number of rotatable bonds is 2. The van der Waals surface area contributed by atoms with Gasteiger partial charge in [0.05, 0.1) is 11.0 Å². The van der Waals surface area contributed by atoms with Crippen molar-refractivity contribution in [3.05, 3.63) is 163 Å². The number of nitrogens with zero attached hydrogens (tertiary/aromatic N) is 1. The Morgan fingerprint density at radius 3 is 1.92 bits per heavy atom. The Hall–Kier alpha value is -5.96. The molecule has 2 aliphatic rings. The first kappa shape index (κ1) is 27.8. The van der Waals surface area contributed by atoms with Gasteiger partial charge in [0, 0.05) is 42.0 Å². The van der Waals surface area contributed by atoms with Gasteiger partial charge in [0.15, 0.2) is 0 Å². The van der Waals surface area contributed by atoms with Crippen molar-refractivity contribution in [2.75, 3.05) is 0 Å². The molecule has 0 amide bonds. The maximum atomic E-state index is 2.56. The SMILES string of the molecule is CC1(C)c2ccccc2-c2c1c1c(c3ccccc3n1-c1ccc(-c3ccc4c5c(cccc35)-c3ccccc3-4)cc1)c1sc3ccccc3c21. The quantitative estimate of drug-likeness (QED) is 0.173. The van der Waals surface area contributed by atoms with Crippen LogP contribution in [-0.4, -0.2) is 4.57 Å². The van der Waals surface area contributed by atoms with Gasteiger partial charge in [-0.25, -0.2) is 0 Å². The topological polar surface area (TPSA) is 4.93 Å². The van der Waals surface area contributed by atoms with Gasteiger partial charge in [-0.15, -0.1) is 11.3 Å². The third-order valence-corrected chi connectivity index (χ3v) is 13.1. The monoisotopic (exact) mass is 665 g/mol. The van der Waals surface area contributed by atoms with Gasteiger partial charge in [-0.3, -0.25) is 0 Å². The molecule has 10 aromatic rings. The molecule has 1 nitrogen and oxygen atoms in total. The highest BCUT2D eigenvalue weighted by atomic mass is 32.1. The Morgan fingerprint density at radius 1 is 0.471 bits per heavy atom. The van der Waals surface area contributed by atoms with E-state index in [0.717, 1.165) is 0 Å². The van der Waals surface area contributed by atoms with Gasteiger partial charge in [0.25, 0.3) is 0 Å². The molecule has 0 radical (unpaired) electrons. The number of para-hydroxylation sites is 1. The smallest absolute Gasteiger partial charge is 0.0602 e. The maximum Gasteiger partial charge on any atom is 0.0602 e. The molecule has 0 unspecified atom stereocenters. The molecular weight excluding hydrogens is 635 g/mol. The molecule has 0 N–H and O–H groups in total. The summed E-state index contributed by atoms with van der Waals surface area (Å²) in [4.78, 5) is 0. The van der Waals surface area contributed by atoms with Gasteiger partial charge in [0.1, 0.15) is 0 Å². The standard InChI is InChI=1S/C49H31NS/c1-49(2)39-19-8-5-14-36(39)43-44-38-16-7-10-21-41(38)51-48(44)45-37-15-6-9-20-40(37)50(47(45)46(43)49)29-24-22-28(23-25-29)30-26-27-35-32-13-4-3-12-31(32)34-18-11-17-33(30)42(34)35/h3-27H,1-2H3. The van der Waals surface area contributed by atoms with Gasteiger partial charge in [-0.1, -0.05) is 141 Å². The molecule has 12 rings (SSSR count). The number of hydrogen-bond donors (Lipinski definition) is 0. The van der Waals surface area contributed by atoms with Crippen LogP contribution in [0.15, 0.2) is 152 Å². The molecule has 2 aromatic heterocycles. The van der Waals surface area contributed by atoms with Crippen LogP contribution in [0.1, 0.15) is 25.0 Å². The molecule has 0 fully saturated rings. The largest absolute Gasteiger partial charge is 0.309 e. The Morgan fingerprint density at radius 2 is 1.10 bits per heavy atom. The molecule has 2 heteroatoms. The van der Waals surface area contributed by atoms with E-state index in [1.807, 2.05) is 11.3 Å². The minimum absolute atomic E-state index is 0.171. The zero-order valence-electron chi connectivity index (χ0n) is 28.3. The Balaban J connectivity index is 1.15. The zero-order valence-corrected chi connectivity index (χ0v) is 29.1. The van der Waals surface area contributed by atoms with Crippen LogP contribution < -0.4 is 0 Å². The zero-order chi connectivity index (χ0) is 33.6. The van der Waals surface area contributed by atoms with Crippen molar-refractivity contribution in [2.45, 2.75) is 19.3 Å². The van der Waals surface area contributed by atoms with E-state index in [4.69, 9.17) is 0 Å². The van der Waals surface area contributed by atoms with Crippen LogP contribution in [0.5, 0.6) is 0 Å². The van der Waals surface area contributed by atoms with E-state index in [1.54, 1.807) is 0 Å². The van der Waals surface area contributed by atoms with Crippen LogP contribution in [0.4, 0.5) is 0 Å². The number of hydrogen-bond acceptors (Lipinski definition) is 1. The second-order valence-electron chi connectivity index (χ2n) is 14.8. The van der Waals surface area contributed by atoms with Gasteiger partial charge in [0.2, 0.25) is 0 Å². The molecule has 2 aliphatic carbocycles. The van der Waals surface area contributed by atoms with Crippen molar-refractivity contribution in [3.63, 3.8) is 0 Å². The number of aromatic nitrogens is 1. The van der Waals surface area contributed by atoms with E-state index in [1.165, 1.54) is 114 Å². The summed E-state index contributed by atoms with van der Waals surface area (Å²) < 4.78 is 5.30. The lowest BCUT2D eigenvalue weighted by Gasteiger charge is -2.24. The Bertz CT molecular complexity index is 3120. The number of benzene rings is 8. The Labute approximate surface area is 299 Å². The molecule has 2 heterocycles. The third-order valence-electron chi connectivity index (χ3n) is 11.9. The predicted octanol–water partition coefficient (Wildman–Crippen LogP) is 13.9. The van der Waals surface area contributed by atoms with Crippen molar-refractivity contribution in [2.24, 2.45) is 0 Å². The van der Waals surface area contributed by atoms with E-state index < -0.39 is 0 Å². The summed E-state index contributed by atoms with van der Waals surface area (Å²) in [6.45, 7) is 4.85. The van der Waals surface area contributed by atoms with Crippen LogP contribution in [-0.2, 0) is 5.41 Å². The summed E-state index contributed by atoms with van der Waals surface area (Å²) in [6, 6.07) is 56.8. The van der Waals surface area contributed by atoms with Gasteiger partial charge < -0.3 is 4.57 Å². The minimum atomic E-state index is -0.171. The van der Waals surface area contributed by atoms with Crippen LogP contribution in [0, 0.1) is 0 Å². The first-order chi connectivity index (χ1) is 25.1. The normalized spacial score (nSPS) is 13.8. The average molecular weight is 666 g/mol. The van der Waals surface area contributed by atoms with E-state index in [2.05, 4.69) is 170 Å². The molecule has 51 heavy (non-hydrogen) atoms. The van der Waals surface area contributed by atoms with Gasteiger partial charge >= 0.3 is 0 Å². The summed E-state index contributed by atoms with van der Waals surface area (Å²) in [5.41, 5.74) is 17.1. The molecule has 0 aliphatic heterocycles. The number of fused-ring (bicyclic) bond motifs is 15. The van der Waals surface area contributed by atoms with Crippen molar-refractivity contribution < 1.29 is 0 Å². The summed E-state index contributed by atoms with van der Waals surface area (Å²) in [5, 5.41) is 8.14. The first-order valence-corrected chi connectivity index (χ1v) is 18.7. The summed E-state index contributed by atoms with van der Waals surface area (Å²) in [5.74, 6) is 0. The maximum absolute atomic E-state index is 2.56. The van der Waals surface area contributed by atoms with Crippen LogP contribution in [0.25, 0.3) is 103 Å². The minimum Gasteiger partial charge on any atom is -0.309 e. The van der Waals surface area contributed by atoms with E-state index >= 15 is 0 Å². The molecule has 0 atom stereocenters. The fraction of sp³-hybridized carbons (Fsp3) is 0.0612. The lowest BCUT2D eigenvalue weighted by atomic mass is 9.81. The van der Waals surface area contributed by atoms with Gasteiger partial charge in [-0.2, -0.15) is 0 Å².